The van der Waals surface area contributed by atoms with Crippen molar-refractivity contribution in [2.24, 2.45) is 0 Å². The summed E-state index contributed by atoms with van der Waals surface area (Å²) in [5, 5.41) is 2.83. The van der Waals surface area contributed by atoms with Crippen LogP contribution >= 0.6 is 0 Å². The zero-order valence-electron chi connectivity index (χ0n) is 9.91. The van der Waals surface area contributed by atoms with E-state index in [9.17, 15) is 4.79 Å². The third-order valence-electron chi connectivity index (χ3n) is 2.45. The molecule has 0 fully saturated rings. The third-order valence-corrected chi connectivity index (χ3v) is 2.45. The Balaban J connectivity index is 2.27. The zero-order chi connectivity index (χ0) is 12.3. The maximum absolute atomic E-state index is 11.7. The lowest BCUT2D eigenvalue weighted by Gasteiger charge is -2.02. The van der Waals surface area contributed by atoms with E-state index in [4.69, 9.17) is 4.74 Å². The van der Waals surface area contributed by atoms with Gasteiger partial charge in [-0.1, -0.05) is 6.92 Å². The normalized spacial score (nSPS) is 10.5. The topological polar surface area (TPSA) is 67.0 Å². The molecule has 0 radical (unpaired) electrons. The molecule has 1 aromatic carbocycles. The van der Waals surface area contributed by atoms with Gasteiger partial charge in [0.05, 0.1) is 18.1 Å². The summed E-state index contributed by atoms with van der Waals surface area (Å²) in [4.78, 5) is 18.9. The Morgan fingerprint density at radius 3 is 3.06 bits per heavy atom. The Morgan fingerprint density at radius 2 is 2.35 bits per heavy atom. The molecule has 0 aliphatic rings. The van der Waals surface area contributed by atoms with Gasteiger partial charge in [0.25, 0.3) is 11.9 Å². The van der Waals surface area contributed by atoms with Crippen molar-refractivity contribution in [3.63, 3.8) is 0 Å². The molecule has 0 unspecified atom stereocenters. The van der Waals surface area contributed by atoms with Crippen LogP contribution in [-0.4, -0.2) is 29.5 Å². The van der Waals surface area contributed by atoms with Crippen molar-refractivity contribution in [3.05, 3.63) is 23.8 Å². The van der Waals surface area contributed by atoms with Gasteiger partial charge in [0, 0.05) is 12.1 Å². The number of aromatic amines is 1. The van der Waals surface area contributed by atoms with Crippen LogP contribution < -0.4 is 10.1 Å². The number of carbonyl (C=O) groups is 1. The summed E-state index contributed by atoms with van der Waals surface area (Å²) in [6, 6.07) is 5.78. The van der Waals surface area contributed by atoms with Gasteiger partial charge in [-0.25, -0.2) is 0 Å². The van der Waals surface area contributed by atoms with Crippen molar-refractivity contribution >= 4 is 16.9 Å². The molecule has 1 heterocycles. The highest BCUT2D eigenvalue weighted by atomic mass is 16.5. The van der Waals surface area contributed by atoms with Crippen LogP contribution in [0.5, 0.6) is 6.01 Å². The molecule has 0 spiro atoms. The molecule has 1 aromatic heterocycles. The van der Waals surface area contributed by atoms with E-state index in [2.05, 4.69) is 15.3 Å². The van der Waals surface area contributed by atoms with Gasteiger partial charge in [-0.05, 0) is 24.6 Å². The summed E-state index contributed by atoms with van der Waals surface area (Å²) in [6.07, 6.45) is 0.922. The van der Waals surface area contributed by atoms with Gasteiger partial charge < -0.3 is 15.0 Å². The number of nitrogens with one attached hydrogen (secondary N) is 2. The van der Waals surface area contributed by atoms with Gasteiger partial charge in [-0.15, -0.1) is 0 Å². The van der Waals surface area contributed by atoms with Gasteiger partial charge in [-0.2, -0.15) is 4.98 Å². The molecule has 0 saturated carbocycles. The predicted octanol–water partition coefficient (Wildman–Crippen LogP) is 1.71. The molecule has 90 valence electrons. The van der Waals surface area contributed by atoms with Crippen molar-refractivity contribution in [3.8, 4) is 6.01 Å². The van der Waals surface area contributed by atoms with Crippen molar-refractivity contribution in [1.29, 1.82) is 0 Å². The summed E-state index contributed by atoms with van der Waals surface area (Å²) >= 11 is 0. The molecule has 0 bridgehead atoms. The first kappa shape index (κ1) is 11.4. The highest BCUT2D eigenvalue weighted by molar-refractivity contribution is 5.97. The van der Waals surface area contributed by atoms with E-state index in [1.807, 2.05) is 6.92 Å². The quantitative estimate of drug-likeness (QED) is 0.844. The van der Waals surface area contributed by atoms with Crippen molar-refractivity contribution < 1.29 is 9.53 Å². The molecule has 0 saturated heterocycles. The van der Waals surface area contributed by atoms with Crippen LogP contribution in [0.1, 0.15) is 23.7 Å². The molecule has 5 heteroatoms. The van der Waals surface area contributed by atoms with Crippen LogP contribution in [0.3, 0.4) is 0 Å². The Kier molecular flexibility index (Phi) is 3.27. The first-order valence-corrected chi connectivity index (χ1v) is 5.56. The highest BCUT2D eigenvalue weighted by Gasteiger charge is 2.08. The zero-order valence-corrected chi connectivity index (χ0v) is 9.91. The number of methoxy groups -OCH3 is 1. The van der Waals surface area contributed by atoms with Crippen LogP contribution in [0.15, 0.2) is 18.2 Å². The summed E-state index contributed by atoms with van der Waals surface area (Å²) < 4.78 is 5.00. The van der Waals surface area contributed by atoms with E-state index in [0.717, 1.165) is 17.5 Å². The van der Waals surface area contributed by atoms with Crippen molar-refractivity contribution in [2.75, 3.05) is 13.7 Å². The van der Waals surface area contributed by atoms with Crippen LogP contribution in [0, 0.1) is 0 Å². The number of hydrogen-bond donors (Lipinski definition) is 2. The summed E-state index contributed by atoms with van der Waals surface area (Å²) in [6.45, 7) is 2.70. The molecule has 0 atom stereocenters. The fourth-order valence-corrected chi connectivity index (χ4v) is 1.56. The minimum atomic E-state index is -0.0673. The highest BCUT2D eigenvalue weighted by Crippen LogP contribution is 2.17. The van der Waals surface area contributed by atoms with Crippen LogP contribution in [-0.2, 0) is 0 Å². The van der Waals surface area contributed by atoms with Gasteiger partial charge in [0.15, 0.2) is 0 Å². The first-order chi connectivity index (χ1) is 8.24. The number of aromatic nitrogens is 2. The van der Waals surface area contributed by atoms with E-state index < -0.39 is 0 Å². The molecular weight excluding hydrogens is 218 g/mol. The second-order valence-corrected chi connectivity index (χ2v) is 3.73. The van der Waals surface area contributed by atoms with E-state index in [1.54, 1.807) is 25.3 Å². The smallest absolute Gasteiger partial charge is 0.294 e. The van der Waals surface area contributed by atoms with Crippen molar-refractivity contribution in [2.45, 2.75) is 13.3 Å². The fourth-order valence-electron chi connectivity index (χ4n) is 1.56. The predicted molar refractivity (Wildman–Crippen MR) is 65.3 cm³/mol. The fraction of sp³-hybridized carbons (Fsp3) is 0.333. The average molecular weight is 233 g/mol. The molecule has 0 aliphatic carbocycles. The average Bonchev–Trinajstić information content (AvgIpc) is 2.77. The SMILES string of the molecule is CCCNC(=O)c1ccc2nc(OC)[nH]c2c1. The van der Waals surface area contributed by atoms with Crippen molar-refractivity contribution in [1.82, 2.24) is 15.3 Å². The molecule has 5 nitrogen and oxygen atoms in total. The molecule has 2 aromatic rings. The van der Waals surface area contributed by atoms with E-state index in [1.165, 1.54) is 0 Å². The molecule has 1 amide bonds. The Bertz CT molecular complexity index is 534. The second kappa shape index (κ2) is 4.86. The maximum Gasteiger partial charge on any atom is 0.294 e. The summed E-state index contributed by atoms with van der Waals surface area (Å²) in [5.74, 6) is -0.0673. The number of ether oxygens (including phenoxy) is 1. The second-order valence-electron chi connectivity index (χ2n) is 3.73. The Labute approximate surface area is 99.2 Å². The number of hydrogen-bond acceptors (Lipinski definition) is 3. The summed E-state index contributed by atoms with van der Waals surface area (Å²) in [7, 11) is 1.55. The number of amides is 1. The molecule has 0 aliphatic heterocycles. The number of carbonyl (C=O) groups excluding carboxylic acids is 1. The molecular formula is C12H15N3O2. The number of rotatable bonds is 4. The van der Waals surface area contributed by atoms with Gasteiger partial charge in [0.1, 0.15) is 0 Å². The number of nitrogens with zero attached hydrogens (tertiary/aromatic N) is 1. The Hall–Kier alpha value is -2.04. The lowest BCUT2D eigenvalue weighted by molar-refractivity contribution is 0.0954. The number of benzene rings is 1. The Morgan fingerprint density at radius 1 is 1.53 bits per heavy atom. The largest absolute Gasteiger partial charge is 0.468 e. The number of fused-ring (bicyclic) bond motifs is 1. The summed E-state index contributed by atoms with van der Waals surface area (Å²) in [5.41, 5.74) is 2.21. The number of imidazole rings is 1. The van der Waals surface area contributed by atoms with Gasteiger partial charge >= 0.3 is 0 Å². The van der Waals surface area contributed by atoms with E-state index in [0.29, 0.717) is 18.1 Å². The van der Waals surface area contributed by atoms with Gasteiger partial charge in [-0.3, -0.25) is 4.79 Å². The van der Waals surface area contributed by atoms with E-state index in [-0.39, 0.29) is 5.91 Å². The standard InChI is InChI=1S/C12H15N3O2/c1-3-6-13-11(16)8-4-5-9-10(7-8)15-12(14-9)17-2/h4-5,7H,3,6H2,1-2H3,(H,13,16)(H,14,15). The van der Waals surface area contributed by atoms with Gasteiger partial charge in [0.2, 0.25) is 0 Å². The molecule has 2 N–H and O–H groups in total. The monoisotopic (exact) mass is 233 g/mol. The maximum atomic E-state index is 11.7. The minimum absolute atomic E-state index is 0.0673. The first-order valence-electron chi connectivity index (χ1n) is 5.56. The molecule has 2 rings (SSSR count). The lowest BCUT2D eigenvalue weighted by Crippen LogP contribution is -2.23. The lowest BCUT2D eigenvalue weighted by atomic mass is 10.2. The molecule has 17 heavy (non-hydrogen) atoms. The van der Waals surface area contributed by atoms with E-state index >= 15 is 0 Å². The number of H-pyrrole nitrogens is 1. The van der Waals surface area contributed by atoms with Crippen LogP contribution in [0.4, 0.5) is 0 Å². The third kappa shape index (κ3) is 2.38. The minimum Gasteiger partial charge on any atom is -0.468 e. The van der Waals surface area contributed by atoms with Crippen LogP contribution in [0.25, 0.3) is 11.0 Å². The van der Waals surface area contributed by atoms with Crippen LogP contribution in [0.2, 0.25) is 0 Å².